The Labute approximate surface area is 94.6 Å². The minimum Gasteiger partial charge on any atom is -0.481 e. The number of rotatable bonds is 4. The number of nitrogens with one attached hydrogen (secondary N) is 2. The molecule has 1 amide bonds. The van der Waals surface area contributed by atoms with Gasteiger partial charge in [0.05, 0.1) is 25.5 Å². The van der Waals surface area contributed by atoms with Gasteiger partial charge in [-0.15, -0.1) is 12.4 Å². The van der Waals surface area contributed by atoms with E-state index >= 15 is 0 Å². The van der Waals surface area contributed by atoms with Gasteiger partial charge in [0, 0.05) is 6.07 Å². The molecule has 0 aromatic carbocycles. The Morgan fingerprint density at radius 2 is 2.27 bits per heavy atom. The number of amides is 1. The van der Waals surface area contributed by atoms with Crippen LogP contribution in [0.3, 0.4) is 0 Å². The highest BCUT2D eigenvalue weighted by Gasteiger charge is 2.00. The highest BCUT2D eigenvalue weighted by Crippen LogP contribution is 2.10. The summed E-state index contributed by atoms with van der Waals surface area (Å²) in [5, 5.41) is 5.43. The first-order valence-electron chi connectivity index (χ1n) is 4.20. The smallest absolute Gasteiger partial charge is 0.238 e. The van der Waals surface area contributed by atoms with E-state index in [1.54, 1.807) is 32.5 Å². The highest BCUT2D eigenvalue weighted by molar-refractivity contribution is 5.92. The molecule has 6 heteroatoms. The summed E-state index contributed by atoms with van der Waals surface area (Å²) in [5.41, 5.74) is 0.658. The molecule has 1 rings (SSSR count). The zero-order chi connectivity index (χ0) is 10.4. The molecule has 2 N–H and O–H groups in total. The van der Waals surface area contributed by atoms with E-state index in [1.165, 1.54) is 0 Å². The number of ether oxygens (including phenoxy) is 1. The Morgan fingerprint density at radius 1 is 1.53 bits per heavy atom. The lowest BCUT2D eigenvalue weighted by Gasteiger charge is -2.04. The van der Waals surface area contributed by atoms with Crippen LogP contribution in [0.5, 0.6) is 5.88 Å². The van der Waals surface area contributed by atoms with Gasteiger partial charge in [-0.3, -0.25) is 4.79 Å². The molecule has 0 fully saturated rings. The Kier molecular flexibility index (Phi) is 6.40. The van der Waals surface area contributed by atoms with Crippen LogP contribution in [0.25, 0.3) is 0 Å². The van der Waals surface area contributed by atoms with Crippen molar-refractivity contribution in [2.75, 3.05) is 26.0 Å². The van der Waals surface area contributed by atoms with Gasteiger partial charge >= 0.3 is 0 Å². The maximum atomic E-state index is 11.1. The summed E-state index contributed by atoms with van der Waals surface area (Å²) in [4.78, 5) is 15.1. The second-order valence-corrected chi connectivity index (χ2v) is 2.67. The third kappa shape index (κ3) is 4.62. The second-order valence-electron chi connectivity index (χ2n) is 2.67. The molecule has 0 aliphatic carbocycles. The third-order valence-electron chi connectivity index (χ3n) is 1.57. The number of hydrogen-bond donors (Lipinski definition) is 2. The number of halogens is 1. The van der Waals surface area contributed by atoms with Crippen LogP contribution in [-0.4, -0.2) is 31.6 Å². The average Bonchev–Trinajstić information content (AvgIpc) is 2.19. The largest absolute Gasteiger partial charge is 0.481 e. The van der Waals surface area contributed by atoms with E-state index in [9.17, 15) is 4.79 Å². The molecule has 0 atom stereocenters. The number of methoxy groups -OCH3 is 1. The molecule has 0 radical (unpaired) electrons. The lowest BCUT2D eigenvalue weighted by atomic mass is 10.4. The Hall–Kier alpha value is -1.33. The third-order valence-corrected chi connectivity index (χ3v) is 1.57. The fourth-order valence-corrected chi connectivity index (χ4v) is 0.941. The molecule has 0 bridgehead atoms. The normalized spacial score (nSPS) is 8.93. The van der Waals surface area contributed by atoms with Crippen molar-refractivity contribution in [3.05, 3.63) is 18.3 Å². The van der Waals surface area contributed by atoms with Gasteiger partial charge in [0.2, 0.25) is 11.8 Å². The van der Waals surface area contributed by atoms with Crippen LogP contribution in [-0.2, 0) is 4.79 Å². The molecule has 0 unspecified atom stereocenters. The number of pyridine rings is 1. The predicted octanol–water partition coefficient (Wildman–Crippen LogP) is 0.670. The summed E-state index contributed by atoms with van der Waals surface area (Å²) < 4.78 is 4.89. The zero-order valence-electron chi connectivity index (χ0n) is 8.61. The van der Waals surface area contributed by atoms with E-state index in [0.717, 1.165) is 0 Å². The number of likely N-dealkylation sites (N-methyl/N-ethyl adjacent to an activating group) is 1. The molecule has 15 heavy (non-hydrogen) atoms. The van der Waals surface area contributed by atoms with Crippen LogP contribution >= 0.6 is 12.4 Å². The van der Waals surface area contributed by atoms with E-state index in [1.807, 2.05) is 0 Å². The molecule has 1 aromatic rings. The molecular formula is C9H14ClN3O2. The van der Waals surface area contributed by atoms with E-state index < -0.39 is 0 Å². The SMILES string of the molecule is CNCC(=O)Nc1ccc(OC)nc1.Cl. The molecule has 5 nitrogen and oxygen atoms in total. The van der Waals surface area contributed by atoms with E-state index in [4.69, 9.17) is 4.74 Å². The summed E-state index contributed by atoms with van der Waals surface area (Å²) in [7, 11) is 3.26. The molecule has 84 valence electrons. The fraction of sp³-hybridized carbons (Fsp3) is 0.333. The molecule has 1 aromatic heterocycles. The van der Waals surface area contributed by atoms with Gasteiger partial charge in [-0.25, -0.2) is 4.98 Å². The first kappa shape index (κ1) is 13.7. The van der Waals surface area contributed by atoms with Crippen molar-refractivity contribution < 1.29 is 9.53 Å². The van der Waals surface area contributed by atoms with Crippen molar-refractivity contribution in [1.29, 1.82) is 0 Å². The van der Waals surface area contributed by atoms with Crippen molar-refractivity contribution in [1.82, 2.24) is 10.3 Å². The van der Waals surface area contributed by atoms with Gasteiger partial charge in [-0.1, -0.05) is 0 Å². The zero-order valence-corrected chi connectivity index (χ0v) is 9.43. The van der Waals surface area contributed by atoms with Gasteiger partial charge in [0.15, 0.2) is 0 Å². The number of hydrogen-bond acceptors (Lipinski definition) is 4. The summed E-state index contributed by atoms with van der Waals surface area (Å²) in [6.07, 6.45) is 1.55. The van der Waals surface area contributed by atoms with E-state index in [0.29, 0.717) is 11.6 Å². The average molecular weight is 232 g/mol. The number of carbonyl (C=O) groups is 1. The topological polar surface area (TPSA) is 63.2 Å². The van der Waals surface area contributed by atoms with Crippen molar-refractivity contribution in [2.45, 2.75) is 0 Å². The molecule has 0 aliphatic rings. The van der Waals surface area contributed by atoms with E-state index in [-0.39, 0.29) is 24.9 Å². The minimum absolute atomic E-state index is 0. The predicted molar refractivity (Wildman–Crippen MR) is 60.6 cm³/mol. The van der Waals surface area contributed by atoms with Crippen LogP contribution in [0.1, 0.15) is 0 Å². The van der Waals surface area contributed by atoms with Crippen LogP contribution < -0.4 is 15.4 Å². The number of nitrogens with zero attached hydrogens (tertiary/aromatic N) is 1. The lowest BCUT2D eigenvalue weighted by molar-refractivity contribution is -0.115. The Morgan fingerprint density at radius 3 is 2.73 bits per heavy atom. The quantitative estimate of drug-likeness (QED) is 0.800. The standard InChI is InChI=1S/C9H13N3O2.ClH/c1-10-6-8(13)12-7-3-4-9(14-2)11-5-7;/h3-5,10H,6H2,1-2H3,(H,12,13);1H. The van der Waals surface area contributed by atoms with Crippen molar-refractivity contribution in [3.8, 4) is 5.88 Å². The first-order valence-corrected chi connectivity index (χ1v) is 4.20. The highest BCUT2D eigenvalue weighted by atomic mass is 35.5. The van der Waals surface area contributed by atoms with Crippen molar-refractivity contribution in [3.63, 3.8) is 0 Å². The number of aromatic nitrogens is 1. The fourth-order valence-electron chi connectivity index (χ4n) is 0.941. The first-order chi connectivity index (χ1) is 6.76. The maximum Gasteiger partial charge on any atom is 0.238 e. The van der Waals surface area contributed by atoms with Crippen molar-refractivity contribution in [2.24, 2.45) is 0 Å². The van der Waals surface area contributed by atoms with Crippen LogP contribution in [0, 0.1) is 0 Å². The molecule has 0 spiro atoms. The number of anilines is 1. The maximum absolute atomic E-state index is 11.1. The van der Waals surface area contributed by atoms with E-state index in [2.05, 4.69) is 15.6 Å². The monoisotopic (exact) mass is 231 g/mol. The molecule has 1 heterocycles. The van der Waals surface area contributed by atoms with Crippen LogP contribution in [0.15, 0.2) is 18.3 Å². The van der Waals surface area contributed by atoms with Gasteiger partial charge < -0.3 is 15.4 Å². The molecule has 0 saturated carbocycles. The van der Waals surface area contributed by atoms with Gasteiger partial charge in [0.1, 0.15) is 0 Å². The van der Waals surface area contributed by atoms with Gasteiger partial charge in [0.25, 0.3) is 0 Å². The minimum atomic E-state index is -0.0977. The summed E-state index contributed by atoms with van der Waals surface area (Å²) >= 11 is 0. The number of carbonyl (C=O) groups excluding carboxylic acids is 1. The second kappa shape index (κ2) is 7.03. The van der Waals surface area contributed by atoms with Crippen LogP contribution in [0.2, 0.25) is 0 Å². The summed E-state index contributed by atoms with van der Waals surface area (Å²) in [6.45, 7) is 0.284. The van der Waals surface area contributed by atoms with Gasteiger partial charge in [-0.05, 0) is 13.1 Å². The van der Waals surface area contributed by atoms with Gasteiger partial charge in [-0.2, -0.15) is 0 Å². The molecule has 0 aliphatic heterocycles. The molecule has 0 saturated heterocycles. The summed E-state index contributed by atoms with van der Waals surface area (Å²) in [5.74, 6) is 0.427. The Bertz CT molecular complexity index is 303. The van der Waals surface area contributed by atoms with Crippen molar-refractivity contribution >= 4 is 24.0 Å². The lowest BCUT2D eigenvalue weighted by Crippen LogP contribution is -2.25. The Balaban J connectivity index is 0.00000196. The summed E-state index contributed by atoms with van der Waals surface area (Å²) in [6, 6.07) is 3.42. The molecular weight excluding hydrogens is 218 g/mol. The van der Waals surface area contributed by atoms with Crippen LogP contribution in [0.4, 0.5) is 5.69 Å².